The SMILES string of the molecule is CCCCCCCCCCC/C=C/C(OC(=O)CCCCCCCCCCCCCCCC)C(COP(=O)([O-])OCC[N+](C)(C)C)NC(=O)CCCCCCCCCCCCCCC. The quantitative estimate of drug-likeness (QED) is 0.0212. The van der Waals surface area contributed by atoms with Crippen molar-refractivity contribution in [3.8, 4) is 0 Å². The number of carbonyl (C=O) groups is 2. The summed E-state index contributed by atoms with van der Waals surface area (Å²) in [5.41, 5.74) is 0. The molecule has 3 unspecified atom stereocenters. The van der Waals surface area contributed by atoms with Crippen LogP contribution in [0.15, 0.2) is 12.2 Å². The van der Waals surface area contributed by atoms with Gasteiger partial charge in [-0.05, 0) is 31.8 Å². The van der Waals surface area contributed by atoms with Crippen molar-refractivity contribution in [2.24, 2.45) is 0 Å². The number of hydrogen-bond acceptors (Lipinski definition) is 7. The van der Waals surface area contributed by atoms with Crippen LogP contribution in [-0.2, 0) is 27.9 Å². The van der Waals surface area contributed by atoms with Gasteiger partial charge >= 0.3 is 5.97 Å². The van der Waals surface area contributed by atoms with Crippen molar-refractivity contribution in [3.05, 3.63) is 12.2 Å². The predicted octanol–water partition coefficient (Wildman–Crippen LogP) is 15.4. The lowest BCUT2D eigenvalue weighted by Crippen LogP contribution is -2.47. The van der Waals surface area contributed by atoms with Crippen LogP contribution in [0, 0.1) is 0 Å². The number of allylic oxidation sites excluding steroid dienone is 1. The third kappa shape index (κ3) is 45.9. The maximum absolute atomic E-state index is 13.4. The van der Waals surface area contributed by atoms with Gasteiger partial charge in [-0.1, -0.05) is 239 Å². The lowest BCUT2D eigenvalue weighted by Gasteiger charge is -2.30. The molecule has 3 atom stereocenters. The van der Waals surface area contributed by atoms with Crippen LogP contribution in [0.1, 0.15) is 271 Å². The topological polar surface area (TPSA) is 114 Å². The number of ether oxygens (including phenoxy) is 1. The summed E-state index contributed by atoms with van der Waals surface area (Å²) in [6, 6.07) is -0.876. The zero-order valence-electron chi connectivity index (χ0n) is 43.3. The number of phosphoric ester groups is 1. The number of hydrogen-bond donors (Lipinski definition) is 1. The van der Waals surface area contributed by atoms with Crippen molar-refractivity contribution < 1.29 is 37.3 Å². The van der Waals surface area contributed by atoms with E-state index in [4.69, 9.17) is 13.8 Å². The van der Waals surface area contributed by atoms with Gasteiger partial charge in [0.1, 0.15) is 19.3 Å². The Labute approximate surface area is 397 Å². The highest BCUT2D eigenvalue weighted by atomic mass is 31.2. The lowest BCUT2D eigenvalue weighted by molar-refractivity contribution is -0.870. The number of quaternary nitrogens is 1. The predicted molar refractivity (Wildman–Crippen MR) is 270 cm³/mol. The molecule has 0 radical (unpaired) electrons. The Balaban J connectivity index is 5.34. The largest absolute Gasteiger partial charge is 0.756 e. The summed E-state index contributed by atoms with van der Waals surface area (Å²) in [7, 11) is 1.20. The molecule has 0 aliphatic rings. The standard InChI is InChI=1S/C54H107N2O7P/c1-7-10-13-16-19-22-25-27-29-32-35-38-41-44-47-54(58)63-52(45-42-39-36-33-30-24-21-18-15-12-9-3)51(50-62-64(59,60)61-49-48-56(4,5)6)55-53(57)46-43-40-37-34-31-28-26-23-20-17-14-11-8-2/h42,45,51-52H,7-41,43-44,46-50H2,1-6H3,(H-,55,57,59,60)/b45-42+. The van der Waals surface area contributed by atoms with Gasteiger partial charge < -0.3 is 28.5 Å². The Hall–Kier alpha value is -1.25. The number of nitrogens with one attached hydrogen (secondary N) is 1. The summed E-state index contributed by atoms with van der Waals surface area (Å²) in [5.74, 6) is -0.527. The minimum absolute atomic E-state index is 0.0173. The van der Waals surface area contributed by atoms with E-state index in [-0.39, 0.29) is 31.5 Å². The second-order valence-corrected chi connectivity index (χ2v) is 21.5. The Bertz CT molecular complexity index is 1110. The first-order valence-electron chi connectivity index (χ1n) is 27.5. The fourth-order valence-corrected chi connectivity index (χ4v) is 8.89. The van der Waals surface area contributed by atoms with Crippen molar-refractivity contribution in [2.75, 3.05) is 40.9 Å². The van der Waals surface area contributed by atoms with Crippen LogP contribution in [0.2, 0.25) is 0 Å². The lowest BCUT2D eigenvalue weighted by atomic mass is 10.0. The van der Waals surface area contributed by atoms with Gasteiger partial charge in [0.05, 0.1) is 33.8 Å². The molecule has 0 aliphatic carbocycles. The van der Waals surface area contributed by atoms with E-state index in [1.54, 1.807) is 0 Å². The molecule has 1 N–H and O–H groups in total. The molecule has 0 saturated heterocycles. The van der Waals surface area contributed by atoms with E-state index in [1.165, 1.54) is 180 Å². The van der Waals surface area contributed by atoms with Crippen LogP contribution in [0.4, 0.5) is 0 Å². The molecule has 0 aromatic heterocycles. The molecule has 10 heteroatoms. The molecule has 0 spiro atoms. The van der Waals surface area contributed by atoms with Gasteiger partial charge in [0, 0.05) is 12.8 Å². The molecule has 0 aliphatic heterocycles. The normalized spacial score (nSPS) is 13.9. The fourth-order valence-electron chi connectivity index (χ4n) is 8.17. The molecular formula is C54H107N2O7P. The molecular weight excluding hydrogens is 820 g/mol. The van der Waals surface area contributed by atoms with Crippen LogP contribution < -0.4 is 10.2 Å². The second kappa shape index (κ2) is 45.5. The number of unbranched alkanes of at least 4 members (excludes halogenated alkanes) is 34. The van der Waals surface area contributed by atoms with E-state index in [0.717, 1.165) is 57.8 Å². The van der Waals surface area contributed by atoms with Gasteiger partial charge in [-0.15, -0.1) is 0 Å². The molecule has 9 nitrogen and oxygen atoms in total. The first kappa shape index (κ1) is 62.8. The Morgan fingerprint density at radius 3 is 1.28 bits per heavy atom. The van der Waals surface area contributed by atoms with Crippen LogP contribution in [0.5, 0.6) is 0 Å². The van der Waals surface area contributed by atoms with Crippen LogP contribution in [0.3, 0.4) is 0 Å². The second-order valence-electron chi connectivity index (χ2n) is 20.1. The van der Waals surface area contributed by atoms with Gasteiger partial charge in [-0.25, -0.2) is 0 Å². The summed E-state index contributed by atoms with van der Waals surface area (Å²) in [6.45, 7) is 6.85. The first-order chi connectivity index (χ1) is 30.9. The molecule has 0 fully saturated rings. The summed E-state index contributed by atoms with van der Waals surface area (Å²) < 4.78 is 30.2. The van der Waals surface area contributed by atoms with E-state index in [2.05, 4.69) is 26.1 Å². The summed E-state index contributed by atoms with van der Waals surface area (Å²) in [6.07, 6.45) is 48.8. The number of carbonyl (C=O) groups excluding carboxylic acids is 2. The van der Waals surface area contributed by atoms with E-state index in [9.17, 15) is 19.0 Å². The maximum Gasteiger partial charge on any atom is 0.306 e. The maximum atomic E-state index is 13.4. The number of nitrogens with zero attached hydrogens (tertiary/aromatic N) is 1. The number of rotatable bonds is 50. The van der Waals surface area contributed by atoms with E-state index in [0.29, 0.717) is 17.4 Å². The fraction of sp³-hybridized carbons (Fsp3) is 0.926. The Morgan fingerprint density at radius 2 is 0.891 bits per heavy atom. The van der Waals surface area contributed by atoms with Crippen LogP contribution in [-0.4, -0.2) is 69.4 Å². The highest BCUT2D eigenvalue weighted by Gasteiger charge is 2.27. The highest BCUT2D eigenvalue weighted by Crippen LogP contribution is 2.38. The number of likely N-dealkylation sites (N-methyl/N-ethyl adjacent to an activating group) is 1. The van der Waals surface area contributed by atoms with Crippen molar-refractivity contribution in [2.45, 2.75) is 283 Å². The average molecular weight is 927 g/mol. The first-order valence-corrected chi connectivity index (χ1v) is 29.0. The molecule has 0 rings (SSSR count). The third-order valence-electron chi connectivity index (χ3n) is 12.5. The van der Waals surface area contributed by atoms with Gasteiger partial charge in [0.15, 0.2) is 0 Å². The molecule has 380 valence electrons. The van der Waals surface area contributed by atoms with Gasteiger partial charge in [-0.3, -0.25) is 14.2 Å². The molecule has 64 heavy (non-hydrogen) atoms. The number of phosphoric acid groups is 1. The minimum Gasteiger partial charge on any atom is -0.756 e. The zero-order chi connectivity index (χ0) is 47.3. The molecule has 1 amide bonds. The van der Waals surface area contributed by atoms with Crippen molar-refractivity contribution in [3.63, 3.8) is 0 Å². The van der Waals surface area contributed by atoms with Gasteiger partial charge in [-0.2, -0.15) is 0 Å². The smallest absolute Gasteiger partial charge is 0.306 e. The van der Waals surface area contributed by atoms with Crippen LogP contribution >= 0.6 is 7.82 Å². The summed E-state index contributed by atoms with van der Waals surface area (Å²) in [4.78, 5) is 39.7. The van der Waals surface area contributed by atoms with Gasteiger partial charge in [0.25, 0.3) is 7.82 Å². The van der Waals surface area contributed by atoms with Crippen molar-refractivity contribution in [1.82, 2.24) is 5.32 Å². The van der Waals surface area contributed by atoms with Crippen molar-refractivity contribution in [1.29, 1.82) is 0 Å². The molecule has 0 aromatic carbocycles. The summed E-state index contributed by atoms with van der Waals surface area (Å²) >= 11 is 0. The molecule has 0 aromatic rings. The highest BCUT2D eigenvalue weighted by molar-refractivity contribution is 7.45. The molecule has 0 saturated carbocycles. The van der Waals surface area contributed by atoms with Crippen LogP contribution in [0.25, 0.3) is 0 Å². The number of amides is 1. The molecule has 0 heterocycles. The average Bonchev–Trinajstić information content (AvgIpc) is 3.25. The third-order valence-corrected chi connectivity index (χ3v) is 13.4. The van der Waals surface area contributed by atoms with Crippen molar-refractivity contribution >= 4 is 19.7 Å². The van der Waals surface area contributed by atoms with E-state index < -0.39 is 20.0 Å². The van der Waals surface area contributed by atoms with E-state index in [1.807, 2.05) is 33.3 Å². The van der Waals surface area contributed by atoms with E-state index >= 15 is 0 Å². The minimum atomic E-state index is -4.68. The Kier molecular flexibility index (Phi) is 44.6. The Morgan fingerprint density at radius 1 is 0.531 bits per heavy atom. The summed E-state index contributed by atoms with van der Waals surface area (Å²) in [5, 5.41) is 3.02. The monoisotopic (exact) mass is 927 g/mol. The zero-order valence-corrected chi connectivity index (χ0v) is 44.2. The van der Waals surface area contributed by atoms with Gasteiger partial charge in [0.2, 0.25) is 5.91 Å². The molecule has 0 bridgehead atoms. The number of esters is 1.